The molecule has 0 N–H and O–H groups in total. The van der Waals surface area contributed by atoms with Crippen LogP contribution >= 0.6 is 11.8 Å². The zero-order valence-corrected chi connectivity index (χ0v) is 14.1. The number of amides is 2. The van der Waals surface area contributed by atoms with Crippen molar-refractivity contribution in [3.8, 4) is 0 Å². The second kappa shape index (κ2) is 6.53. The highest BCUT2D eigenvalue weighted by Crippen LogP contribution is 2.29. The van der Waals surface area contributed by atoms with Crippen LogP contribution in [0, 0.1) is 0 Å². The predicted octanol–water partition coefficient (Wildman–Crippen LogP) is 4.12. The summed E-state index contributed by atoms with van der Waals surface area (Å²) in [6.45, 7) is 0. The summed E-state index contributed by atoms with van der Waals surface area (Å²) in [5.74, 6) is -0.128. The largest absolute Gasteiger partial charge is 0.279 e. The van der Waals surface area contributed by atoms with Crippen molar-refractivity contribution >= 4 is 45.2 Å². The molecular weight excluding hydrogens is 332 g/mol. The van der Waals surface area contributed by atoms with Gasteiger partial charge in [-0.15, -0.1) is 0 Å². The molecule has 0 aromatic heterocycles. The van der Waals surface area contributed by atoms with Crippen molar-refractivity contribution in [1.82, 2.24) is 0 Å². The van der Waals surface area contributed by atoms with Crippen LogP contribution < -0.4 is 4.90 Å². The number of benzene rings is 3. The number of amidine groups is 1. The number of thioether (sulfide) groups is 1. The smallest absolute Gasteiger partial charge is 0.273 e. The van der Waals surface area contributed by atoms with Crippen LogP contribution in [0.5, 0.6) is 0 Å². The lowest BCUT2D eigenvalue weighted by atomic mass is 10.1. The van der Waals surface area contributed by atoms with E-state index in [-0.39, 0.29) is 17.6 Å². The average Bonchev–Trinajstić information content (AvgIpc) is 3.02. The molecule has 2 amide bonds. The second-order valence-corrected chi connectivity index (χ2v) is 6.56. The lowest BCUT2D eigenvalue weighted by molar-refractivity contribution is -0.115. The van der Waals surface area contributed by atoms with Gasteiger partial charge < -0.3 is 0 Å². The summed E-state index contributed by atoms with van der Waals surface area (Å²) < 4.78 is 0. The number of fused-ring (bicyclic) bond motifs is 1. The number of rotatable bonds is 2. The molecule has 5 heteroatoms. The first-order chi connectivity index (χ1) is 12.2. The third kappa shape index (κ3) is 3.06. The fraction of sp³-hybridized carbons (Fsp3) is 0.0500. The minimum absolute atomic E-state index is 0.0695. The average molecular weight is 346 g/mol. The number of carbonyl (C=O) groups excluding carboxylic acids is 2. The predicted molar refractivity (Wildman–Crippen MR) is 102 cm³/mol. The first-order valence-corrected chi connectivity index (χ1v) is 8.83. The van der Waals surface area contributed by atoms with E-state index in [9.17, 15) is 9.59 Å². The molecule has 0 radical (unpaired) electrons. The van der Waals surface area contributed by atoms with Gasteiger partial charge in [0.15, 0.2) is 5.17 Å². The normalized spacial score (nSPS) is 15.9. The molecule has 1 aliphatic rings. The summed E-state index contributed by atoms with van der Waals surface area (Å²) in [5, 5.41) is 2.57. The number of aliphatic imine (C=N–C) groups is 1. The summed E-state index contributed by atoms with van der Waals surface area (Å²) in [7, 11) is 0. The van der Waals surface area contributed by atoms with Crippen molar-refractivity contribution in [2.24, 2.45) is 4.99 Å². The highest BCUT2D eigenvalue weighted by atomic mass is 32.2. The van der Waals surface area contributed by atoms with Crippen LogP contribution in [0.3, 0.4) is 0 Å². The number of carbonyl (C=O) groups is 2. The Bertz CT molecular complexity index is 999. The molecule has 0 bridgehead atoms. The minimum Gasteiger partial charge on any atom is -0.273 e. The SMILES string of the molecule is O=C(N=C1SCC(=O)N1c1ccc2ccccc2c1)c1ccccc1. The van der Waals surface area contributed by atoms with Gasteiger partial charge in [-0.3, -0.25) is 14.5 Å². The van der Waals surface area contributed by atoms with Gasteiger partial charge in [0.1, 0.15) is 0 Å². The maximum absolute atomic E-state index is 12.4. The molecule has 0 aliphatic carbocycles. The Hall–Kier alpha value is -2.92. The van der Waals surface area contributed by atoms with Gasteiger partial charge in [0.05, 0.1) is 11.4 Å². The van der Waals surface area contributed by atoms with Crippen LogP contribution in [0.1, 0.15) is 10.4 Å². The maximum Gasteiger partial charge on any atom is 0.279 e. The summed E-state index contributed by atoms with van der Waals surface area (Å²) >= 11 is 1.29. The van der Waals surface area contributed by atoms with E-state index in [1.54, 1.807) is 24.3 Å². The number of nitrogens with zero attached hydrogens (tertiary/aromatic N) is 2. The Balaban J connectivity index is 1.72. The van der Waals surface area contributed by atoms with Crippen molar-refractivity contribution in [1.29, 1.82) is 0 Å². The van der Waals surface area contributed by atoms with Gasteiger partial charge in [-0.05, 0) is 35.0 Å². The Kier molecular flexibility index (Phi) is 4.07. The third-order valence-electron chi connectivity index (χ3n) is 3.97. The van der Waals surface area contributed by atoms with E-state index >= 15 is 0 Å². The van der Waals surface area contributed by atoms with Crippen LogP contribution in [0.2, 0.25) is 0 Å². The fourth-order valence-corrected chi connectivity index (χ4v) is 3.61. The number of hydrogen-bond donors (Lipinski definition) is 0. The van der Waals surface area contributed by atoms with Crippen LogP contribution in [-0.4, -0.2) is 22.7 Å². The Morgan fingerprint density at radius 2 is 1.64 bits per heavy atom. The zero-order valence-electron chi connectivity index (χ0n) is 13.3. The van der Waals surface area contributed by atoms with Crippen molar-refractivity contribution in [2.45, 2.75) is 0 Å². The summed E-state index contributed by atoms with van der Waals surface area (Å²) in [6, 6.07) is 22.6. The van der Waals surface area contributed by atoms with Crippen LogP contribution in [-0.2, 0) is 4.79 Å². The molecule has 1 saturated heterocycles. The summed E-state index contributed by atoms with van der Waals surface area (Å²) in [6.07, 6.45) is 0. The zero-order chi connectivity index (χ0) is 17.2. The fourth-order valence-electron chi connectivity index (χ4n) is 2.75. The molecule has 0 spiro atoms. The van der Waals surface area contributed by atoms with Crippen molar-refractivity contribution in [2.75, 3.05) is 10.7 Å². The molecule has 1 heterocycles. The van der Waals surface area contributed by atoms with Crippen molar-refractivity contribution in [3.63, 3.8) is 0 Å². The standard InChI is InChI=1S/C20H14N2O2S/c23-18-13-25-20(21-19(24)15-7-2-1-3-8-15)22(18)17-11-10-14-6-4-5-9-16(14)12-17/h1-12H,13H2. The molecule has 3 aromatic carbocycles. The van der Waals surface area contributed by atoms with Crippen LogP contribution in [0.15, 0.2) is 77.8 Å². The van der Waals surface area contributed by atoms with E-state index in [0.29, 0.717) is 10.7 Å². The molecule has 25 heavy (non-hydrogen) atoms. The van der Waals surface area contributed by atoms with Gasteiger partial charge in [0, 0.05) is 5.56 Å². The second-order valence-electron chi connectivity index (χ2n) is 5.61. The van der Waals surface area contributed by atoms with Crippen LogP contribution in [0.4, 0.5) is 5.69 Å². The Morgan fingerprint density at radius 3 is 2.44 bits per heavy atom. The highest BCUT2D eigenvalue weighted by Gasteiger charge is 2.30. The summed E-state index contributed by atoms with van der Waals surface area (Å²) in [5.41, 5.74) is 1.24. The van der Waals surface area contributed by atoms with Gasteiger partial charge in [-0.25, -0.2) is 0 Å². The first-order valence-electron chi connectivity index (χ1n) is 7.85. The van der Waals surface area contributed by atoms with E-state index in [1.165, 1.54) is 16.7 Å². The monoisotopic (exact) mass is 346 g/mol. The van der Waals surface area contributed by atoms with E-state index in [4.69, 9.17) is 0 Å². The summed E-state index contributed by atoms with van der Waals surface area (Å²) in [4.78, 5) is 30.4. The lowest BCUT2D eigenvalue weighted by Crippen LogP contribution is -2.29. The molecule has 0 atom stereocenters. The molecular formula is C20H14N2O2S. The number of anilines is 1. The molecule has 3 aromatic rings. The molecule has 122 valence electrons. The quantitative estimate of drug-likeness (QED) is 0.701. The number of hydrogen-bond acceptors (Lipinski definition) is 3. The van der Waals surface area contributed by atoms with Gasteiger partial charge >= 0.3 is 0 Å². The van der Waals surface area contributed by atoms with Gasteiger partial charge in [-0.2, -0.15) is 4.99 Å². The maximum atomic E-state index is 12.4. The van der Waals surface area contributed by atoms with E-state index in [1.807, 2.05) is 48.5 Å². The Morgan fingerprint density at radius 1 is 0.920 bits per heavy atom. The van der Waals surface area contributed by atoms with Crippen molar-refractivity contribution < 1.29 is 9.59 Å². The van der Waals surface area contributed by atoms with E-state index in [2.05, 4.69) is 4.99 Å². The Labute approximate surface area is 149 Å². The molecule has 1 fully saturated rings. The van der Waals surface area contributed by atoms with Crippen LogP contribution in [0.25, 0.3) is 10.8 Å². The topological polar surface area (TPSA) is 49.7 Å². The van der Waals surface area contributed by atoms with E-state index < -0.39 is 0 Å². The first kappa shape index (κ1) is 15.6. The van der Waals surface area contributed by atoms with E-state index in [0.717, 1.165) is 16.5 Å². The third-order valence-corrected chi connectivity index (χ3v) is 4.90. The van der Waals surface area contributed by atoms with Crippen molar-refractivity contribution in [3.05, 3.63) is 78.4 Å². The van der Waals surface area contributed by atoms with Gasteiger partial charge in [-0.1, -0.05) is 60.3 Å². The van der Waals surface area contributed by atoms with Gasteiger partial charge in [0.25, 0.3) is 5.91 Å². The molecule has 4 rings (SSSR count). The highest BCUT2D eigenvalue weighted by molar-refractivity contribution is 8.15. The molecule has 1 aliphatic heterocycles. The minimum atomic E-state index is -0.344. The lowest BCUT2D eigenvalue weighted by Gasteiger charge is -2.16. The van der Waals surface area contributed by atoms with Gasteiger partial charge in [0.2, 0.25) is 5.91 Å². The molecule has 0 saturated carbocycles. The molecule has 4 nitrogen and oxygen atoms in total. The molecule has 0 unspecified atom stereocenters.